The molecule has 2 atom stereocenters. The first kappa shape index (κ1) is 37.9. The molecule has 0 saturated heterocycles. The number of nitriles is 1. The average molecular weight is 716 g/mol. The zero-order valence-corrected chi connectivity index (χ0v) is 25.7. The number of nitrogens with one attached hydrogen (secondary N) is 1. The molecular formula is C23H46IrN3O8P. The molecule has 215 valence electrons. The van der Waals surface area contributed by atoms with Crippen molar-refractivity contribution in [3.8, 4) is 6.07 Å². The van der Waals surface area contributed by atoms with E-state index >= 15 is 0 Å². The Bertz CT molecular complexity index is 550. The van der Waals surface area contributed by atoms with Crippen LogP contribution in [0.4, 0.5) is 0 Å². The first-order valence-electron chi connectivity index (χ1n) is 12.2. The molecule has 13 heteroatoms. The standard InChI is InChI=1S/C23H46N3O8P.Ir/c1-20(2)26(21(3)4)35(33-11-6-8-24)34-23(18-27)19-32-17-16-31-15-14-30-13-12-29-10-7-9-25-22(5)28;/h20-21,23,27H,6-7,9-19H2,1-5H3,(H,25,28);. The Morgan fingerprint density at radius 3 is 1.94 bits per heavy atom. The Morgan fingerprint density at radius 1 is 0.944 bits per heavy atom. The molecule has 0 bridgehead atoms. The van der Waals surface area contributed by atoms with Gasteiger partial charge >= 0.3 is 0 Å². The summed E-state index contributed by atoms with van der Waals surface area (Å²) < 4.78 is 35.9. The van der Waals surface area contributed by atoms with Crippen LogP contribution < -0.4 is 5.32 Å². The summed E-state index contributed by atoms with van der Waals surface area (Å²) in [7, 11) is -1.44. The third-order valence-electron chi connectivity index (χ3n) is 4.36. The second-order valence-electron chi connectivity index (χ2n) is 8.21. The molecule has 2 N–H and O–H groups in total. The van der Waals surface area contributed by atoms with Crippen LogP contribution in [0.15, 0.2) is 0 Å². The molecule has 0 heterocycles. The molecule has 1 amide bonds. The second kappa shape index (κ2) is 26.3. The molecule has 0 aliphatic rings. The van der Waals surface area contributed by atoms with Gasteiger partial charge in [-0.3, -0.25) is 4.79 Å². The molecule has 1 radical (unpaired) electrons. The molecule has 0 aromatic rings. The largest absolute Gasteiger partial charge is 0.394 e. The predicted octanol–water partition coefficient (Wildman–Crippen LogP) is 2.23. The Hall–Kier alpha value is -0.281. The van der Waals surface area contributed by atoms with Gasteiger partial charge in [0, 0.05) is 52.3 Å². The van der Waals surface area contributed by atoms with Crippen molar-refractivity contribution in [2.24, 2.45) is 0 Å². The van der Waals surface area contributed by atoms with Gasteiger partial charge in [0.2, 0.25) is 5.91 Å². The van der Waals surface area contributed by atoms with Crippen LogP contribution in [0, 0.1) is 11.3 Å². The first-order chi connectivity index (χ1) is 16.8. The van der Waals surface area contributed by atoms with Gasteiger partial charge in [0.1, 0.15) is 6.10 Å². The van der Waals surface area contributed by atoms with Gasteiger partial charge in [-0.2, -0.15) is 5.26 Å². The molecule has 0 saturated carbocycles. The Labute approximate surface area is 231 Å². The van der Waals surface area contributed by atoms with Crippen molar-refractivity contribution in [1.29, 1.82) is 5.26 Å². The van der Waals surface area contributed by atoms with E-state index in [0.29, 0.717) is 52.8 Å². The Balaban J connectivity index is 0. The molecule has 0 spiro atoms. The van der Waals surface area contributed by atoms with Crippen molar-refractivity contribution in [2.75, 3.05) is 72.6 Å². The number of ether oxygens (including phenoxy) is 4. The molecule has 0 rings (SSSR count). The Kier molecular flexibility index (Phi) is 27.7. The topological polar surface area (TPSA) is 132 Å². The SMILES string of the molecule is CC(=O)NCCCOCCOCCOCCOCC(CO)OP(OCCC#N)N(C(C)C)C(C)C.[Ir]. The zero-order valence-electron chi connectivity index (χ0n) is 22.4. The molecule has 36 heavy (non-hydrogen) atoms. The third kappa shape index (κ3) is 21.8. The van der Waals surface area contributed by atoms with Crippen LogP contribution in [0.5, 0.6) is 0 Å². The van der Waals surface area contributed by atoms with Crippen molar-refractivity contribution in [3.63, 3.8) is 0 Å². The number of hydrogen-bond donors (Lipinski definition) is 2. The molecular weight excluding hydrogens is 669 g/mol. The summed E-state index contributed by atoms with van der Waals surface area (Å²) in [6.45, 7) is 13.9. The number of carbonyl (C=O) groups excluding carboxylic acids is 1. The van der Waals surface area contributed by atoms with Crippen molar-refractivity contribution in [1.82, 2.24) is 9.99 Å². The van der Waals surface area contributed by atoms with Gasteiger partial charge in [-0.05, 0) is 34.1 Å². The fourth-order valence-electron chi connectivity index (χ4n) is 2.85. The van der Waals surface area contributed by atoms with E-state index in [0.717, 1.165) is 6.42 Å². The van der Waals surface area contributed by atoms with Gasteiger partial charge in [0.25, 0.3) is 8.53 Å². The normalized spacial score (nSPS) is 13.0. The van der Waals surface area contributed by atoms with Gasteiger partial charge < -0.3 is 38.4 Å². The van der Waals surface area contributed by atoms with Crippen molar-refractivity contribution >= 4 is 14.4 Å². The van der Waals surface area contributed by atoms with E-state index in [1.54, 1.807) is 0 Å². The molecule has 0 aromatic heterocycles. The van der Waals surface area contributed by atoms with E-state index in [2.05, 4.69) is 43.8 Å². The van der Waals surface area contributed by atoms with Crippen molar-refractivity contribution < 1.29 is 58.0 Å². The van der Waals surface area contributed by atoms with E-state index in [4.69, 9.17) is 33.3 Å². The minimum atomic E-state index is -1.44. The average Bonchev–Trinajstić information content (AvgIpc) is 2.79. The second-order valence-corrected chi connectivity index (χ2v) is 9.61. The van der Waals surface area contributed by atoms with Crippen LogP contribution in [0.3, 0.4) is 0 Å². The number of hydrogen-bond acceptors (Lipinski definition) is 10. The zero-order chi connectivity index (χ0) is 26.3. The van der Waals surface area contributed by atoms with Gasteiger partial charge in [0.15, 0.2) is 0 Å². The summed E-state index contributed by atoms with van der Waals surface area (Å²) >= 11 is 0. The van der Waals surface area contributed by atoms with E-state index in [-0.39, 0.29) is 64.3 Å². The number of amides is 1. The van der Waals surface area contributed by atoms with Crippen molar-refractivity contribution in [2.45, 2.75) is 65.6 Å². The van der Waals surface area contributed by atoms with Crippen LogP contribution in [0.1, 0.15) is 47.5 Å². The maximum atomic E-state index is 10.7. The molecule has 2 unspecified atom stereocenters. The van der Waals surface area contributed by atoms with Crippen LogP contribution in [-0.4, -0.2) is 106 Å². The summed E-state index contributed by atoms with van der Waals surface area (Å²) in [4.78, 5) is 10.7. The molecule has 0 aliphatic carbocycles. The fraction of sp³-hybridized carbons (Fsp3) is 0.913. The summed E-state index contributed by atoms with van der Waals surface area (Å²) in [5.41, 5.74) is 0. The third-order valence-corrected chi connectivity index (χ3v) is 6.55. The molecule has 0 aromatic carbocycles. The minimum absolute atomic E-state index is 0. The van der Waals surface area contributed by atoms with E-state index in [9.17, 15) is 9.90 Å². The first-order valence-corrected chi connectivity index (χ1v) is 13.4. The van der Waals surface area contributed by atoms with E-state index in [1.807, 2.05) is 0 Å². The van der Waals surface area contributed by atoms with Crippen LogP contribution in [0.2, 0.25) is 0 Å². The maximum Gasteiger partial charge on any atom is 0.259 e. The summed E-state index contributed by atoms with van der Waals surface area (Å²) in [6, 6.07) is 2.43. The number of aliphatic hydroxyl groups excluding tert-OH is 1. The number of nitrogens with zero attached hydrogens (tertiary/aromatic N) is 2. The molecule has 0 fully saturated rings. The van der Waals surface area contributed by atoms with Crippen LogP contribution in [-0.2, 0) is 52.9 Å². The van der Waals surface area contributed by atoms with Crippen LogP contribution in [0.25, 0.3) is 0 Å². The van der Waals surface area contributed by atoms with Crippen LogP contribution >= 0.6 is 8.53 Å². The van der Waals surface area contributed by atoms with Gasteiger partial charge in [-0.25, -0.2) is 4.67 Å². The summed E-state index contributed by atoms with van der Waals surface area (Å²) in [6.07, 6.45) is 0.513. The number of rotatable bonds is 24. The fourth-order valence-corrected chi connectivity index (χ4v) is 4.54. The van der Waals surface area contributed by atoms with Gasteiger partial charge in [-0.15, -0.1) is 0 Å². The number of carbonyl (C=O) groups is 1. The monoisotopic (exact) mass is 716 g/mol. The molecule has 0 aliphatic heterocycles. The molecule has 11 nitrogen and oxygen atoms in total. The summed E-state index contributed by atoms with van der Waals surface area (Å²) in [5, 5.41) is 21.2. The predicted molar refractivity (Wildman–Crippen MR) is 134 cm³/mol. The minimum Gasteiger partial charge on any atom is -0.394 e. The number of aliphatic hydroxyl groups is 1. The smallest absolute Gasteiger partial charge is 0.259 e. The maximum absolute atomic E-state index is 10.7. The quantitative estimate of drug-likeness (QED) is 0.113. The van der Waals surface area contributed by atoms with Gasteiger partial charge in [0.05, 0.1) is 72.0 Å². The van der Waals surface area contributed by atoms with E-state index in [1.165, 1.54) is 6.92 Å². The Morgan fingerprint density at radius 2 is 1.47 bits per heavy atom. The van der Waals surface area contributed by atoms with Crippen molar-refractivity contribution in [3.05, 3.63) is 0 Å². The summed E-state index contributed by atoms with van der Waals surface area (Å²) in [5.74, 6) is -0.0350. The van der Waals surface area contributed by atoms with Gasteiger partial charge in [-0.1, -0.05) is 0 Å². The van der Waals surface area contributed by atoms with E-state index < -0.39 is 14.6 Å².